The Morgan fingerprint density at radius 1 is 1.14 bits per heavy atom. The third-order valence-electron chi connectivity index (χ3n) is 4.98. The fourth-order valence-electron chi connectivity index (χ4n) is 3.05. The maximum absolute atomic E-state index is 14.0. The Labute approximate surface area is 169 Å². The van der Waals surface area contributed by atoms with Crippen molar-refractivity contribution < 1.29 is 13.9 Å². The number of nitrogens with zero attached hydrogens (tertiary/aromatic N) is 3. The SMILES string of the molecule is CCN(CCCc1cc(=O)n(C)c(=O)n1C)CCOc1ccc(C(C)=O)cc1F. The van der Waals surface area contributed by atoms with E-state index in [4.69, 9.17) is 4.74 Å². The average molecular weight is 405 g/mol. The van der Waals surface area contributed by atoms with Gasteiger partial charge in [0.1, 0.15) is 6.61 Å². The Morgan fingerprint density at radius 3 is 2.48 bits per heavy atom. The summed E-state index contributed by atoms with van der Waals surface area (Å²) in [4.78, 5) is 37.2. The van der Waals surface area contributed by atoms with Crippen LogP contribution in [0.5, 0.6) is 5.75 Å². The number of aryl methyl sites for hydroxylation is 1. The highest BCUT2D eigenvalue weighted by molar-refractivity contribution is 5.94. The van der Waals surface area contributed by atoms with Crippen LogP contribution in [0.4, 0.5) is 4.39 Å². The molecule has 0 saturated carbocycles. The van der Waals surface area contributed by atoms with Crippen molar-refractivity contribution in [1.29, 1.82) is 0 Å². The minimum atomic E-state index is -0.549. The largest absolute Gasteiger partial charge is 0.489 e. The van der Waals surface area contributed by atoms with Gasteiger partial charge >= 0.3 is 5.69 Å². The molecule has 0 aliphatic rings. The van der Waals surface area contributed by atoms with Gasteiger partial charge in [-0.1, -0.05) is 6.92 Å². The molecule has 0 spiro atoms. The smallest absolute Gasteiger partial charge is 0.330 e. The molecule has 0 amide bonds. The lowest BCUT2D eigenvalue weighted by Crippen LogP contribution is -2.38. The third-order valence-corrected chi connectivity index (χ3v) is 4.98. The van der Waals surface area contributed by atoms with Gasteiger partial charge in [-0.05, 0) is 51.1 Å². The Bertz CT molecular complexity index is 981. The van der Waals surface area contributed by atoms with E-state index in [2.05, 4.69) is 4.90 Å². The Hall–Kier alpha value is -2.74. The van der Waals surface area contributed by atoms with Gasteiger partial charge in [0.15, 0.2) is 17.3 Å². The zero-order chi connectivity index (χ0) is 21.6. The number of Topliss-reactive ketones (excluding diaryl/α,β-unsaturated/α-hetero) is 1. The predicted molar refractivity (Wildman–Crippen MR) is 109 cm³/mol. The maximum Gasteiger partial charge on any atom is 0.330 e. The highest BCUT2D eigenvalue weighted by atomic mass is 19.1. The topological polar surface area (TPSA) is 73.5 Å². The summed E-state index contributed by atoms with van der Waals surface area (Å²) in [5, 5.41) is 0. The summed E-state index contributed by atoms with van der Waals surface area (Å²) in [5.41, 5.74) is 0.390. The Kier molecular flexibility index (Phi) is 7.90. The Morgan fingerprint density at radius 2 is 1.86 bits per heavy atom. The van der Waals surface area contributed by atoms with Crippen molar-refractivity contribution in [2.45, 2.75) is 26.7 Å². The molecule has 158 valence electrons. The lowest BCUT2D eigenvalue weighted by atomic mass is 10.1. The number of carbonyl (C=O) groups is 1. The van der Waals surface area contributed by atoms with E-state index < -0.39 is 5.82 Å². The molecule has 1 aromatic heterocycles. The molecule has 0 atom stereocenters. The Balaban J connectivity index is 1.85. The number of likely N-dealkylation sites (N-methyl/N-ethyl adjacent to an activating group) is 1. The predicted octanol–water partition coefficient (Wildman–Crippen LogP) is 1.76. The number of halogens is 1. The summed E-state index contributed by atoms with van der Waals surface area (Å²) < 4.78 is 22.1. The number of hydrogen-bond donors (Lipinski definition) is 0. The number of ether oxygens (including phenoxy) is 1. The van der Waals surface area contributed by atoms with Crippen LogP contribution in [0.2, 0.25) is 0 Å². The van der Waals surface area contributed by atoms with E-state index in [-0.39, 0.29) is 22.8 Å². The van der Waals surface area contributed by atoms with Crippen molar-refractivity contribution in [1.82, 2.24) is 14.0 Å². The van der Waals surface area contributed by atoms with Crippen LogP contribution >= 0.6 is 0 Å². The molecule has 0 bridgehead atoms. The van der Waals surface area contributed by atoms with Crippen molar-refractivity contribution >= 4 is 5.78 Å². The van der Waals surface area contributed by atoms with E-state index in [1.807, 2.05) is 6.92 Å². The molecule has 1 aromatic carbocycles. The molecule has 2 rings (SSSR count). The number of rotatable bonds is 10. The molecule has 0 aliphatic heterocycles. The molecule has 2 aromatic rings. The molecule has 29 heavy (non-hydrogen) atoms. The second kappa shape index (κ2) is 10.2. The first-order chi connectivity index (χ1) is 13.7. The van der Waals surface area contributed by atoms with E-state index in [0.717, 1.165) is 24.1 Å². The van der Waals surface area contributed by atoms with E-state index in [9.17, 15) is 18.8 Å². The van der Waals surface area contributed by atoms with Crippen molar-refractivity contribution in [2.24, 2.45) is 14.1 Å². The monoisotopic (exact) mass is 405 g/mol. The standard InChI is InChI=1S/C21H28FN3O4/c1-5-25(10-6-7-17-14-20(27)24(4)21(28)23(17)3)11-12-29-19-9-8-16(15(2)26)13-18(19)22/h8-9,13-14H,5-7,10-12H2,1-4H3. The van der Waals surface area contributed by atoms with Crippen LogP contribution in [0.25, 0.3) is 0 Å². The van der Waals surface area contributed by atoms with Gasteiger partial charge < -0.3 is 14.2 Å². The van der Waals surface area contributed by atoms with Crippen LogP contribution in [-0.4, -0.2) is 46.1 Å². The zero-order valence-corrected chi connectivity index (χ0v) is 17.4. The second-order valence-corrected chi connectivity index (χ2v) is 6.96. The quantitative estimate of drug-likeness (QED) is 0.563. The van der Waals surface area contributed by atoms with Crippen molar-refractivity contribution in [2.75, 3.05) is 26.2 Å². The van der Waals surface area contributed by atoms with Gasteiger partial charge in [-0.25, -0.2) is 9.18 Å². The first kappa shape index (κ1) is 22.5. The number of benzene rings is 1. The zero-order valence-electron chi connectivity index (χ0n) is 17.4. The molecule has 0 unspecified atom stereocenters. The van der Waals surface area contributed by atoms with Crippen LogP contribution in [0.3, 0.4) is 0 Å². The normalized spacial score (nSPS) is 11.1. The highest BCUT2D eigenvalue weighted by Gasteiger charge is 2.10. The molecule has 0 fully saturated rings. The van der Waals surface area contributed by atoms with Crippen molar-refractivity contribution in [3.05, 3.63) is 62.2 Å². The number of hydrogen-bond acceptors (Lipinski definition) is 5. The molecule has 1 heterocycles. The molecule has 0 N–H and O–H groups in total. The van der Waals surface area contributed by atoms with Gasteiger partial charge in [0.25, 0.3) is 5.56 Å². The van der Waals surface area contributed by atoms with Gasteiger partial charge in [0, 0.05) is 38.0 Å². The van der Waals surface area contributed by atoms with Gasteiger partial charge in [-0.2, -0.15) is 0 Å². The van der Waals surface area contributed by atoms with E-state index in [0.29, 0.717) is 30.8 Å². The first-order valence-corrected chi connectivity index (χ1v) is 9.66. The molecule has 7 nitrogen and oxygen atoms in total. The van der Waals surface area contributed by atoms with E-state index in [1.54, 1.807) is 13.1 Å². The molecular formula is C21H28FN3O4. The molecule has 0 radical (unpaired) electrons. The summed E-state index contributed by atoms with van der Waals surface area (Å²) in [5.74, 6) is -0.616. The summed E-state index contributed by atoms with van der Waals surface area (Å²) in [6.45, 7) is 5.89. The molecule has 0 saturated heterocycles. The van der Waals surface area contributed by atoms with Crippen LogP contribution in [0.1, 0.15) is 36.3 Å². The lowest BCUT2D eigenvalue weighted by Gasteiger charge is -2.21. The fourth-order valence-corrected chi connectivity index (χ4v) is 3.05. The van der Waals surface area contributed by atoms with Crippen LogP contribution < -0.4 is 16.0 Å². The van der Waals surface area contributed by atoms with Gasteiger partial charge in [-0.15, -0.1) is 0 Å². The minimum absolute atomic E-state index is 0.126. The molecule has 8 heteroatoms. The maximum atomic E-state index is 14.0. The minimum Gasteiger partial charge on any atom is -0.489 e. The summed E-state index contributed by atoms with van der Waals surface area (Å²) in [6.07, 6.45) is 1.39. The lowest BCUT2D eigenvalue weighted by molar-refractivity contribution is 0.101. The van der Waals surface area contributed by atoms with Crippen LogP contribution in [0, 0.1) is 5.82 Å². The summed E-state index contributed by atoms with van der Waals surface area (Å²) in [6, 6.07) is 5.70. The summed E-state index contributed by atoms with van der Waals surface area (Å²) >= 11 is 0. The second-order valence-electron chi connectivity index (χ2n) is 6.96. The van der Waals surface area contributed by atoms with Crippen LogP contribution in [0.15, 0.2) is 33.9 Å². The molecule has 0 aliphatic carbocycles. The number of aromatic nitrogens is 2. The van der Waals surface area contributed by atoms with Gasteiger partial charge in [0.05, 0.1) is 0 Å². The number of carbonyl (C=O) groups excluding carboxylic acids is 1. The molecular weight excluding hydrogens is 377 g/mol. The highest BCUT2D eigenvalue weighted by Crippen LogP contribution is 2.18. The van der Waals surface area contributed by atoms with E-state index in [1.165, 1.54) is 36.7 Å². The van der Waals surface area contributed by atoms with Gasteiger partial charge in [-0.3, -0.25) is 14.2 Å². The first-order valence-electron chi connectivity index (χ1n) is 9.66. The van der Waals surface area contributed by atoms with E-state index >= 15 is 0 Å². The number of ketones is 1. The van der Waals surface area contributed by atoms with Gasteiger partial charge in [0.2, 0.25) is 0 Å². The third kappa shape index (κ3) is 5.87. The van der Waals surface area contributed by atoms with Crippen LogP contribution in [-0.2, 0) is 20.5 Å². The van der Waals surface area contributed by atoms with Crippen molar-refractivity contribution in [3.8, 4) is 5.75 Å². The summed E-state index contributed by atoms with van der Waals surface area (Å²) in [7, 11) is 3.12. The fraction of sp³-hybridized carbons (Fsp3) is 0.476. The average Bonchev–Trinajstić information content (AvgIpc) is 2.69. The van der Waals surface area contributed by atoms with Crippen molar-refractivity contribution in [3.63, 3.8) is 0 Å².